The molecule has 0 amide bonds. The number of pyridine rings is 1. The third-order valence-electron chi connectivity index (χ3n) is 4.57. The number of hydrogen-bond acceptors (Lipinski definition) is 6. The maximum atomic E-state index is 13.5. The molecule has 0 saturated carbocycles. The lowest BCUT2D eigenvalue weighted by Gasteiger charge is -2.26. The lowest BCUT2D eigenvalue weighted by molar-refractivity contribution is 0.588. The summed E-state index contributed by atoms with van der Waals surface area (Å²) in [5.74, 6) is 0.371. The molecule has 10 heteroatoms. The van der Waals surface area contributed by atoms with Crippen molar-refractivity contribution in [2.24, 2.45) is 0 Å². The number of unbranched alkanes of at least 4 members (excludes halogenated alkanes) is 1. The summed E-state index contributed by atoms with van der Waals surface area (Å²) in [5, 5.41) is 0.331. The maximum Gasteiger partial charge on any atom is 0.264 e. The first-order chi connectivity index (χ1) is 14.5. The van der Waals surface area contributed by atoms with Crippen LogP contribution >= 0.6 is 11.6 Å². The number of nitrogens with zero attached hydrogens (tertiary/aromatic N) is 6. The molecule has 0 fully saturated rings. The van der Waals surface area contributed by atoms with Gasteiger partial charge >= 0.3 is 0 Å². The molecule has 1 aromatic carbocycles. The minimum absolute atomic E-state index is 0.199. The Hall–Kier alpha value is -3.04. The van der Waals surface area contributed by atoms with Crippen molar-refractivity contribution >= 4 is 38.5 Å². The fourth-order valence-corrected chi connectivity index (χ4v) is 4.77. The van der Waals surface area contributed by atoms with Crippen LogP contribution in [0.3, 0.4) is 0 Å². The predicted molar refractivity (Wildman–Crippen MR) is 115 cm³/mol. The van der Waals surface area contributed by atoms with E-state index in [4.69, 9.17) is 11.6 Å². The van der Waals surface area contributed by atoms with Gasteiger partial charge in [0.05, 0.1) is 21.8 Å². The first-order valence-corrected chi connectivity index (χ1v) is 11.2. The van der Waals surface area contributed by atoms with Crippen LogP contribution in [0.1, 0.15) is 19.8 Å². The molecule has 30 heavy (non-hydrogen) atoms. The minimum atomic E-state index is -3.84. The summed E-state index contributed by atoms with van der Waals surface area (Å²) in [6.45, 7) is 2.29. The van der Waals surface area contributed by atoms with E-state index in [0.29, 0.717) is 34.1 Å². The van der Waals surface area contributed by atoms with Crippen molar-refractivity contribution in [2.75, 3.05) is 10.8 Å². The van der Waals surface area contributed by atoms with Gasteiger partial charge in [0.2, 0.25) is 0 Å². The van der Waals surface area contributed by atoms with Crippen LogP contribution < -0.4 is 4.31 Å². The minimum Gasteiger partial charge on any atom is -0.265 e. The lowest BCUT2D eigenvalue weighted by atomic mass is 10.3. The summed E-state index contributed by atoms with van der Waals surface area (Å²) in [6, 6.07) is 9.92. The van der Waals surface area contributed by atoms with Gasteiger partial charge in [-0.2, -0.15) is 0 Å². The molecule has 0 aliphatic rings. The van der Waals surface area contributed by atoms with E-state index in [0.717, 1.165) is 6.42 Å². The zero-order valence-corrected chi connectivity index (χ0v) is 17.8. The molecule has 0 bridgehead atoms. The normalized spacial score (nSPS) is 11.7. The molecular weight excluding hydrogens is 424 g/mol. The maximum absolute atomic E-state index is 13.5. The predicted octanol–water partition coefficient (Wildman–Crippen LogP) is 3.86. The van der Waals surface area contributed by atoms with E-state index in [1.54, 1.807) is 53.5 Å². The van der Waals surface area contributed by atoms with Gasteiger partial charge in [0.15, 0.2) is 11.5 Å². The number of anilines is 1. The lowest BCUT2D eigenvalue weighted by Crippen LogP contribution is -2.33. The molecular formula is C20H19ClN6O2S. The summed E-state index contributed by atoms with van der Waals surface area (Å²) < 4.78 is 30.1. The number of fused-ring (bicyclic) bond motifs is 1. The number of halogens is 1. The Bertz CT molecular complexity index is 1280. The van der Waals surface area contributed by atoms with Gasteiger partial charge < -0.3 is 0 Å². The average molecular weight is 443 g/mol. The van der Waals surface area contributed by atoms with E-state index in [9.17, 15) is 8.42 Å². The van der Waals surface area contributed by atoms with E-state index in [1.807, 2.05) is 6.92 Å². The quantitative estimate of drug-likeness (QED) is 0.431. The van der Waals surface area contributed by atoms with Crippen LogP contribution in [-0.2, 0) is 10.0 Å². The molecule has 0 saturated heterocycles. The fraction of sp³-hybridized carbons (Fsp3) is 0.200. The van der Waals surface area contributed by atoms with Gasteiger partial charge in [-0.15, -0.1) is 0 Å². The summed E-state index contributed by atoms with van der Waals surface area (Å²) in [6.07, 6.45) is 7.51. The molecule has 0 N–H and O–H groups in total. The molecule has 3 aromatic heterocycles. The Morgan fingerprint density at radius 3 is 2.67 bits per heavy atom. The van der Waals surface area contributed by atoms with Gasteiger partial charge in [-0.05, 0) is 24.6 Å². The number of benzene rings is 1. The highest BCUT2D eigenvalue weighted by Gasteiger charge is 2.28. The molecule has 154 valence electrons. The Morgan fingerprint density at radius 1 is 1.10 bits per heavy atom. The molecule has 0 aliphatic carbocycles. The number of hydrogen-bond donors (Lipinski definition) is 0. The van der Waals surface area contributed by atoms with Crippen LogP contribution in [0.15, 0.2) is 66.3 Å². The molecule has 0 aliphatic heterocycles. The molecule has 0 unspecified atom stereocenters. The van der Waals surface area contributed by atoms with E-state index in [-0.39, 0.29) is 11.4 Å². The van der Waals surface area contributed by atoms with Crippen molar-refractivity contribution in [2.45, 2.75) is 24.7 Å². The van der Waals surface area contributed by atoms with Crippen LogP contribution in [0.2, 0.25) is 5.02 Å². The first kappa shape index (κ1) is 20.2. The Labute approximate surface area is 179 Å². The Kier molecular flexibility index (Phi) is 5.65. The standard InChI is InChI=1S/C20H19ClN6O2S/c1-2-3-9-27(30(28,29)16-7-5-4-6-8-16)18-10-15(21)11-23-20(18)26-14-25-17-12-22-13-24-19(17)26/h4-8,10-14H,2-3,9H2,1H3. The van der Waals surface area contributed by atoms with Gasteiger partial charge in [0.25, 0.3) is 10.0 Å². The molecule has 8 nitrogen and oxygen atoms in total. The van der Waals surface area contributed by atoms with Gasteiger partial charge in [-0.1, -0.05) is 43.1 Å². The highest BCUT2D eigenvalue weighted by atomic mass is 35.5. The SMILES string of the molecule is CCCCN(c1cc(Cl)cnc1-n1cnc2cncnc21)S(=O)(=O)c1ccccc1. The fourth-order valence-electron chi connectivity index (χ4n) is 3.10. The summed E-state index contributed by atoms with van der Waals surface area (Å²) in [5.41, 5.74) is 1.46. The van der Waals surface area contributed by atoms with Crippen molar-refractivity contribution < 1.29 is 8.42 Å². The number of imidazole rings is 1. The van der Waals surface area contributed by atoms with Crippen LogP contribution in [0, 0.1) is 0 Å². The number of rotatable bonds is 7. The summed E-state index contributed by atoms with van der Waals surface area (Å²) >= 11 is 6.24. The first-order valence-electron chi connectivity index (χ1n) is 9.39. The molecule has 0 radical (unpaired) electrons. The molecule has 0 atom stereocenters. The monoisotopic (exact) mass is 442 g/mol. The molecule has 0 spiro atoms. The van der Waals surface area contributed by atoms with Crippen molar-refractivity contribution in [3.8, 4) is 5.82 Å². The van der Waals surface area contributed by atoms with Crippen molar-refractivity contribution in [1.29, 1.82) is 0 Å². The van der Waals surface area contributed by atoms with E-state index < -0.39 is 10.0 Å². The zero-order valence-electron chi connectivity index (χ0n) is 16.2. The molecule has 4 aromatic rings. The zero-order chi connectivity index (χ0) is 21.1. The van der Waals surface area contributed by atoms with Crippen LogP contribution in [0.25, 0.3) is 17.0 Å². The summed E-state index contributed by atoms with van der Waals surface area (Å²) in [4.78, 5) is 17.2. The largest absolute Gasteiger partial charge is 0.265 e. The highest BCUT2D eigenvalue weighted by Crippen LogP contribution is 2.32. The highest BCUT2D eigenvalue weighted by molar-refractivity contribution is 7.92. The topological polar surface area (TPSA) is 93.9 Å². The van der Waals surface area contributed by atoms with E-state index >= 15 is 0 Å². The third-order valence-corrected chi connectivity index (χ3v) is 6.60. The van der Waals surface area contributed by atoms with Crippen LogP contribution in [-0.4, -0.2) is 39.5 Å². The van der Waals surface area contributed by atoms with Gasteiger partial charge in [0, 0.05) is 12.7 Å². The van der Waals surface area contributed by atoms with Crippen LogP contribution in [0.4, 0.5) is 5.69 Å². The Morgan fingerprint density at radius 2 is 1.90 bits per heavy atom. The second kappa shape index (κ2) is 8.37. The average Bonchev–Trinajstić information content (AvgIpc) is 3.19. The van der Waals surface area contributed by atoms with Crippen LogP contribution in [0.5, 0.6) is 0 Å². The van der Waals surface area contributed by atoms with Crippen molar-refractivity contribution in [3.63, 3.8) is 0 Å². The third kappa shape index (κ3) is 3.73. The van der Waals surface area contributed by atoms with Gasteiger partial charge in [-0.3, -0.25) is 8.87 Å². The van der Waals surface area contributed by atoms with Crippen molar-refractivity contribution in [1.82, 2.24) is 24.5 Å². The second-order valence-corrected chi connectivity index (χ2v) is 8.88. The van der Waals surface area contributed by atoms with Gasteiger partial charge in [-0.25, -0.2) is 28.4 Å². The molecule has 4 rings (SSSR count). The summed E-state index contributed by atoms with van der Waals surface area (Å²) in [7, 11) is -3.84. The smallest absolute Gasteiger partial charge is 0.264 e. The van der Waals surface area contributed by atoms with E-state index in [2.05, 4.69) is 19.9 Å². The number of aromatic nitrogens is 5. The van der Waals surface area contributed by atoms with E-state index in [1.165, 1.54) is 16.8 Å². The Balaban J connectivity index is 1.93. The number of sulfonamides is 1. The molecule has 3 heterocycles. The van der Waals surface area contributed by atoms with Gasteiger partial charge in [0.1, 0.15) is 18.2 Å². The van der Waals surface area contributed by atoms with Crippen molar-refractivity contribution in [3.05, 3.63) is 66.5 Å². The second-order valence-electron chi connectivity index (χ2n) is 6.59.